The van der Waals surface area contributed by atoms with Crippen LogP contribution in [0.5, 0.6) is 5.75 Å². The summed E-state index contributed by atoms with van der Waals surface area (Å²) in [6.07, 6.45) is -10.1. The number of urea groups is 1. The van der Waals surface area contributed by atoms with Crippen LogP contribution in [0.1, 0.15) is 25.0 Å². The van der Waals surface area contributed by atoms with Gasteiger partial charge in [-0.1, -0.05) is 0 Å². The van der Waals surface area contributed by atoms with E-state index in [1.54, 1.807) is 0 Å². The predicted octanol–water partition coefficient (Wildman–Crippen LogP) is 5.61. The maximum Gasteiger partial charge on any atom is 0.416 e. The van der Waals surface area contributed by atoms with Crippen LogP contribution >= 0.6 is 0 Å². The van der Waals surface area contributed by atoms with E-state index < -0.39 is 46.8 Å². The molecule has 0 unspecified atom stereocenters. The first kappa shape index (κ1) is 23.8. The standard InChI is InChI=1S/C19H16F6N2O4/c1-17(2,15(28)29)31-14-5-3-12(4-6-14)26-16(30)27-13-8-10(18(20,21)22)7-11(9-13)19(23,24)25/h3-9H,1-2H3,(H,28,29)(H2,26,27,30). The van der Waals surface area contributed by atoms with E-state index >= 15 is 0 Å². The highest BCUT2D eigenvalue weighted by atomic mass is 19.4. The summed E-state index contributed by atoms with van der Waals surface area (Å²) in [6.45, 7) is 2.64. The van der Waals surface area contributed by atoms with E-state index in [4.69, 9.17) is 9.84 Å². The number of carbonyl (C=O) groups is 2. The van der Waals surface area contributed by atoms with Gasteiger partial charge in [-0.3, -0.25) is 0 Å². The lowest BCUT2D eigenvalue weighted by molar-refractivity contribution is -0.152. The van der Waals surface area contributed by atoms with Gasteiger partial charge in [-0.2, -0.15) is 26.3 Å². The first-order valence-electron chi connectivity index (χ1n) is 8.48. The molecule has 2 aromatic rings. The predicted molar refractivity (Wildman–Crippen MR) is 97.9 cm³/mol. The Bertz CT molecular complexity index is 937. The molecular weight excluding hydrogens is 434 g/mol. The third kappa shape index (κ3) is 6.52. The number of benzene rings is 2. The summed E-state index contributed by atoms with van der Waals surface area (Å²) in [6, 6.07) is 4.87. The quantitative estimate of drug-likeness (QED) is 0.517. The van der Waals surface area contributed by atoms with Crippen LogP contribution in [0.15, 0.2) is 42.5 Å². The van der Waals surface area contributed by atoms with E-state index in [2.05, 4.69) is 5.32 Å². The van der Waals surface area contributed by atoms with E-state index in [1.165, 1.54) is 38.1 Å². The number of alkyl halides is 6. The van der Waals surface area contributed by atoms with E-state index in [0.717, 1.165) is 0 Å². The van der Waals surface area contributed by atoms with Crippen molar-refractivity contribution in [3.05, 3.63) is 53.6 Å². The minimum atomic E-state index is -5.05. The van der Waals surface area contributed by atoms with Gasteiger partial charge in [-0.05, 0) is 56.3 Å². The number of amides is 2. The highest BCUT2D eigenvalue weighted by molar-refractivity contribution is 5.99. The number of aliphatic carboxylic acids is 1. The van der Waals surface area contributed by atoms with Crippen molar-refractivity contribution in [2.75, 3.05) is 10.6 Å². The van der Waals surface area contributed by atoms with Crippen molar-refractivity contribution >= 4 is 23.4 Å². The molecule has 0 atom stereocenters. The van der Waals surface area contributed by atoms with Crippen LogP contribution < -0.4 is 15.4 Å². The number of carbonyl (C=O) groups excluding carboxylic acids is 1. The Kier molecular flexibility index (Phi) is 6.43. The average molecular weight is 450 g/mol. The van der Waals surface area contributed by atoms with Crippen molar-refractivity contribution in [3.8, 4) is 5.75 Å². The number of nitrogens with one attached hydrogen (secondary N) is 2. The van der Waals surface area contributed by atoms with Crippen LogP contribution in [0.4, 0.5) is 42.5 Å². The molecule has 0 radical (unpaired) electrons. The molecule has 12 heteroatoms. The number of anilines is 2. The van der Waals surface area contributed by atoms with Gasteiger partial charge in [0.2, 0.25) is 0 Å². The lowest BCUT2D eigenvalue weighted by Gasteiger charge is -2.21. The molecule has 2 rings (SSSR count). The third-order valence-corrected chi connectivity index (χ3v) is 3.85. The topological polar surface area (TPSA) is 87.7 Å². The van der Waals surface area contributed by atoms with Crippen LogP contribution in [-0.4, -0.2) is 22.7 Å². The summed E-state index contributed by atoms with van der Waals surface area (Å²) < 4.78 is 82.6. The zero-order valence-electron chi connectivity index (χ0n) is 16.0. The van der Waals surface area contributed by atoms with Gasteiger partial charge in [0.15, 0.2) is 5.60 Å². The molecule has 2 amide bonds. The number of rotatable bonds is 5. The van der Waals surface area contributed by atoms with Gasteiger partial charge in [0.1, 0.15) is 5.75 Å². The second-order valence-corrected chi connectivity index (χ2v) is 6.82. The molecule has 0 aromatic heterocycles. The molecule has 0 aliphatic rings. The number of ether oxygens (including phenoxy) is 1. The van der Waals surface area contributed by atoms with Crippen molar-refractivity contribution in [1.82, 2.24) is 0 Å². The summed E-state index contributed by atoms with van der Waals surface area (Å²) in [5, 5.41) is 13.2. The van der Waals surface area contributed by atoms with Crippen molar-refractivity contribution < 1.29 is 45.8 Å². The summed E-state index contributed by atoms with van der Waals surface area (Å²) in [4.78, 5) is 23.1. The van der Waals surface area contributed by atoms with Crippen LogP contribution in [0.2, 0.25) is 0 Å². The molecule has 0 aliphatic carbocycles. The van der Waals surface area contributed by atoms with Crippen LogP contribution in [0, 0.1) is 0 Å². The van der Waals surface area contributed by atoms with Crippen LogP contribution in [0.3, 0.4) is 0 Å². The highest BCUT2D eigenvalue weighted by Crippen LogP contribution is 2.37. The molecule has 2 aromatic carbocycles. The number of halogens is 6. The fourth-order valence-corrected chi connectivity index (χ4v) is 2.27. The molecule has 0 aliphatic heterocycles. The molecule has 0 saturated carbocycles. The number of carboxylic acid groups (broad SMARTS) is 1. The van der Waals surface area contributed by atoms with Gasteiger partial charge in [0.05, 0.1) is 11.1 Å². The van der Waals surface area contributed by atoms with Gasteiger partial charge < -0.3 is 20.5 Å². The number of carboxylic acids is 1. The Labute approximate surface area is 171 Å². The summed E-state index contributed by atoms with van der Waals surface area (Å²) >= 11 is 0. The Hall–Kier alpha value is -3.44. The Morgan fingerprint density at radius 1 is 0.806 bits per heavy atom. The zero-order valence-corrected chi connectivity index (χ0v) is 16.0. The highest BCUT2D eigenvalue weighted by Gasteiger charge is 2.37. The average Bonchev–Trinajstić information content (AvgIpc) is 2.61. The first-order valence-corrected chi connectivity index (χ1v) is 8.48. The van der Waals surface area contributed by atoms with E-state index in [-0.39, 0.29) is 17.5 Å². The molecule has 0 bridgehead atoms. The van der Waals surface area contributed by atoms with E-state index in [1.807, 2.05) is 5.32 Å². The molecule has 0 spiro atoms. The lowest BCUT2D eigenvalue weighted by Crippen LogP contribution is -2.37. The maximum absolute atomic E-state index is 12.9. The van der Waals surface area contributed by atoms with E-state index in [9.17, 15) is 35.9 Å². The van der Waals surface area contributed by atoms with Crippen LogP contribution in [-0.2, 0) is 17.1 Å². The Morgan fingerprint density at radius 3 is 1.68 bits per heavy atom. The van der Waals surface area contributed by atoms with Gasteiger partial charge in [-0.25, -0.2) is 9.59 Å². The summed E-state index contributed by atoms with van der Waals surface area (Å²) in [5.41, 5.74) is -5.24. The SMILES string of the molecule is CC(C)(Oc1ccc(NC(=O)Nc2cc(C(F)(F)F)cc(C(F)(F)F)c2)cc1)C(=O)O. The molecular formula is C19H16F6N2O4. The third-order valence-electron chi connectivity index (χ3n) is 3.85. The van der Waals surface area contributed by atoms with Gasteiger partial charge in [0.25, 0.3) is 0 Å². The van der Waals surface area contributed by atoms with E-state index in [0.29, 0.717) is 12.1 Å². The second-order valence-electron chi connectivity index (χ2n) is 6.82. The summed E-state index contributed by atoms with van der Waals surface area (Å²) in [7, 11) is 0. The molecule has 0 fully saturated rings. The molecule has 0 saturated heterocycles. The largest absolute Gasteiger partial charge is 0.478 e. The first-order chi connectivity index (χ1) is 14.1. The molecule has 6 nitrogen and oxygen atoms in total. The fraction of sp³-hybridized carbons (Fsp3) is 0.263. The lowest BCUT2D eigenvalue weighted by atomic mass is 10.1. The molecule has 31 heavy (non-hydrogen) atoms. The Balaban J connectivity index is 2.15. The van der Waals surface area contributed by atoms with Gasteiger partial charge >= 0.3 is 24.4 Å². The monoisotopic (exact) mass is 450 g/mol. The van der Waals surface area contributed by atoms with Crippen LogP contribution in [0.25, 0.3) is 0 Å². The van der Waals surface area contributed by atoms with Gasteiger partial charge in [0, 0.05) is 11.4 Å². The fourth-order valence-electron chi connectivity index (χ4n) is 2.27. The van der Waals surface area contributed by atoms with Crippen molar-refractivity contribution in [3.63, 3.8) is 0 Å². The molecule has 168 valence electrons. The second kappa shape index (κ2) is 8.36. The van der Waals surface area contributed by atoms with Crippen molar-refractivity contribution in [2.24, 2.45) is 0 Å². The normalized spacial score (nSPS) is 12.3. The maximum atomic E-state index is 12.9. The minimum absolute atomic E-state index is 0.0551. The smallest absolute Gasteiger partial charge is 0.416 e. The molecule has 3 N–H and O–H groups in total. The van der Waals surface area contributed by atoms with Crippen molar-refractivity contribution in [2.45, 2.75) is 31.8 Å². The summed E-state index contributed by atoms with van der Waals surface area (Å²) in [5.74, 6) is -1.06. The van der Waals surface area contributed by atoms with Gasteiger partial charge in [-0.15, -0.1) is 0 Å². The minimum Gasteiger partial charge on any atom is -0.478 e. The molecule has 0 heterocycles. The Morgan fingerprint density at radius 2 is 1.26 bits per heavy atom. The number of hydrogen-bond donors (Lipinski definition) is 3. The zero-order chi connectivity index (χ0) is 23.6. The number of hydrogen-bond acceptors (Lipinski definition) is 3. The van der Waals surface area contributed by atoms with Crippen molar-refractivity contribution in [1.29, 1.82) is 0 Å².